The van der Waals surface area contributed by atoms with Crippen LogP contribution >= 0.6 is 0 Å². The molecule has 0 bridgehead atoms. The molecule has 2 aromatic rings. The minimum Gasteiger partial charge on any atom is -0.507 e. The van der Waals surface area contributed by atoms with Crippen LogP contribution in [-0.4, -0.2) is 36.8 Å². The van der Waals surface area contributed by atoms with E-state index in [1.54, 1.807) is 30.3 Å². The van der Waals surface area contributed by atoms with E-state index in [2.05, 4.69) is 5.32 Å². The highest BCUT2D eigenvalue weighted by molar-refractivity contribution is 6.31. The lowest BCUT2D eigenvalue weighted by molar-refractivity contribution is 0.0977. The summed E-state index contributed by atoms with van der Waals surface area (Å²) < 4.78 is 0. The number of fused-ring (bicyclic) bond motifs is 4. The second-order valence-electron chi connectivity index (χ2n) is 5.59. The Labute approximate surface area is 127 Å². The first-order chi connectivity index (χ1) is 10.6. The number of aromatic hydroxyl groups is 1. The van der Waals surface area contributed by atoms with Crippen LogP contribution in [0, 0.1) is 0 Å². The largest absolute Gasteiger partial charge is 0.507 e. The van der Waals surface area contributed by atoms with Crippen molar-refractivity contribution in [2.75, 3.05) is 30.4 Å². The lowest BCUT2D eigenvalue weighted by atomic mass is 9.82. The van der Waals surface area contributed by atoms with E-state index < -0.39 is 0 Å². The molecule has 110 valence electrons. The highest BCUT2D eigenvalue weighted by Crippen LogP contribution is 2.43. The van der Waals surface area contributed by atoms with E-state index in [1.807, 2.05) is 11.9 Å². The second kappa shape index (κ2) is 4.34. The fraction of sp³-hybridized carbons (Fsp3) is 0.176. The van der Waals surface area contributed by atoms with Crippen molar-refractivity contribution in [3.63, 3.8) is 0 Å². The number of phenolic OH excluding ortho intramolecular Hbond substituents is 1. The zero-order valence-electron chi connectivity index (χ0n) is 12.0. The van der Waals surface area contributed by atoms with Crippen LogP contribution in [0.2, 0.25) is 0 Å². The van der Waals surface area contributed by atoms with E-state index >= 15 is 0 Å². The van der Waals surface area contributed by atoms with Gasteiger partial charge in [-0.05, 0) is 0 Å². The van der Waals surface area contributed by atoms with Crippen LogP contribution in [0.3, 0.4) is 0 Å². The predicted molar refractivity (Wildman–Crippen MR) is 83.2 cm³/mol. The molecule has 0 saturated carbocycles. The molecular formula is C17H14N2O3. The molecule has 0 spiro atoms. The SMILES string of the molecule is CN1CCNc2c1cc(O)c1c2C(=O)c2ccccc2C1=O. The third-order valence-corrected chi connectivity index (χ3v) is 4.32. The first-order valence-corrected chi connectivity index (χ1v) is 7.13. The van der Waals surface area contributed by atoms with Crippen LogP contribution in [0.5, 0.6) is 5.75 Å². The van der Waals surface area contributed by atoms with E-state index in [0.29, 0.717) is 23.4 Å². The van der Waals surface area contributed by atoms with Crippen molar-refractivity contribution in [1.82, 2.24) is 0 Å². The topological polar surface area (TPSA) is 69.6 Å². The maximum absolute atomic E-state index is 12.9. The fourth-order valence-electron chi connectivity index (χ4n) is 3.21. The Morgan fingerprint density at radius 3 is 2.41 bits per heavy atom. The van der Waals surface area contributed by atoms with Crippen molar-refractivity contribution in [3.05, 3.63) is 52.6 Å². The average Bonchev–Trinajstić information content (AvgIpc) is 2.53. The summed E-state index contributed by atoms with van der Waals surface area (Å²) >= 11 is 0. The normalized spacial score (nSPS) is 15.8. The van der Waals surface area contributed by atoms with Gasteiger partial charge in [-0.2, -0.15) is 0 Å². The number of hydrogen-bond acceptors (Lipinski definition) is 5. The zero-order chi connectivity index (χ0) is 15.4. The minimum atomic E-state index is -0.305. The number of rotatable bonds is 0. The number of carbonyl (C=O) groups is 2. The molecule has 22 heavy (non-hydrogen) atoms. The maximum Gasteiger partial charge on any atom is 0.198 e. The van der Waals surface area contributed by atoms with E-state index in [9.17, 15) is 14.7 Å². The van der Waals surface area contributed by atoms with Gasteiger partial charge < -0.3 is 15.3 Å². The van der Waals surface area contributed by atoms with E-state index in [-0.39, 0.29) is 28.4 Å². The van der Waals surface area contributed by atoms with E-state index in [4.69, 9.17) is 0 Å². The summed E-state index contributed by atoms with van der Waals surface area (Å²) in [4.78, 5) is 27.5. The van der Waals surface area contributed by atoms with Crippen molar-refractivity contribution < 1.29 is 14.7 Å². The van der Waals surface area contributed by atoms with Crippen molar-refractivity contribution in [3.8, 4) is 5.75 Å². The fourth-order valence-corrected chi connectivity index (χ4v) is 3.21. The highest BCUT2D eigenvalue weighted by Gasteiger charge is 2.36. The maximum atomic E-state index is 12.9. The molecule has 5 heteroatoms. The molecule has 0 atom stereocenters. The molecule has 0 fully saturated rings. The summed E-state index contributed by atoms with van der Waals surface area (Å²) in [6, 6.07) is 8.29. The molecule has 0 saturated heterocycles. The molecule has 5 nitrogen and oxygen atoms in total. The van der Waals surface area contributed by atoms with Crippen molar-refractivity contribution in [1.29, 1.82) is 0 Å². The highest BCUT2D eigenvalue weighted by atomic mass is 16.3. The van der Waals surface area contributed by atoms with Gasteiger partial charge in [0.15, 0.2) is 11.6 Å². The van der Waals surface area contributed by atoms with E-state index in [0.717, 1.165) is 12.2 Å². The van der Waals surface area contributed by atoms with Gasteiger partial charge in [0, 0.05) is 37.3 Å². The Hall–Kier alpha value is -2.82. The molecular weight excluding hydrogens is 280 g/mol. The van der Waals surface area contributed by atoms with E-state index in [1.165, 1.54) is 0 Å². The van der Waals surface area contributed by atoms with Crippen LogP contribution in [0.1, 0.15) is 31.8 Å². The van der Waals surface area contributed by atoms with Crippen LogP contribution < -0.4 is 10.2 Å². The standard InChI is InChI=1S/C17H14N2O3/c1-19-7-6-18-15-11(19)8-12(20)13-14(15)17(22)10-5-3-2-4-9(10)16(13)21/h2-5,8,18,20H,6-7H2,1H3. The molecule has 1 aliphatic heterocycles. The molecule has 4 rings (SSSR count). The first-order valence-electron chi connectivity index (χ1n) is 7.13. The summed E-state index contributed by atoms with van der Waals surface area (Å²) in [5.41, 5.74) is 2.50. The third kappa shape index (κ3) is 1.53. The number of nitrogens with zero attached hydrogens (tertiary/aromatic N) is 1. The molecule has 0 amide bonds. The molecule has 2 aliphatic rings. The van der Waals surface area contributed by atoms with Crippen molar-refractivity contribution in [2.24, 2.45) is 0 Å². The van der Waals surface area contributed by atoms with Gasteiger partial charge in [-0.1, -0.05) is 24.3 Å². The quantitative estimate of drug-likeness (QED) is 0.621. The van der Waals surface area contributed by atoms with Gasteiger partial charge in [-0.3, -0.25) is 9.59 Å². The number of phenols is 1. The monoisotopic (exact) mass is 294 g/mol. The van der Waals surface area contributed by atoms with Gasteiger partial charge >= 0.3 is 0 Å². The summed E-state index contributed by atoms with van der Waals surface area (Å²) in [5.74, 6) is -0.669. The Bertz CT molecular complexity index is 842. The van der Waals surface area contributed by atoms with Gasteiger partial charge in [0.25, 0.3) is 0 Å². The number of hydrogen-bond donors (Lipinski definition) is 2. The number of ketones is 2. The van der Waals surface area contributed by atoms with Gasteiger partial charge in [0.05, 0.1) is 22.5 Å². The Kier molecular flexibility index (Phi) is 2.54. The Morgan fingerprint density at radius 2 is 1.73 bits per heavy atom. The molecule has 1 heterocycles. The molecule has 2 N–H and O–H groups in total. The van der Waals surface area contributed by atoms with Crippen LogP contribution in [0.4, 0.5) is 11.4 Å². The summed E-state index contributed by atoms with van der Waals surface area (Å²) in [5, 5.41) is 13.5. The van der Waals surface area contributed by atoms with Gasteiger partial charge in [-0.15, -0.1) is 0 Å². The predicted octanol–water partition coefficient (Wildman–Crippen LogP) is 2.03. The first kappa shape index (κ1) is 12.9. The smallest absolute Gasteiger partial charge is 0.198 e. The lowest BCUT2D eigenvalue weighted by Crippen LogP contribution is -2.33. The van der Waals surface area contributed by atoms with Gasteiger partial charge in [0.1, 0.15) is 5.75 Å². The molecule has 2 aromatic carbocycles. The van der Waals surface area contributed by atoms with Gasteiger partial charge in [0.2, 0.25) is 0 Å². The number of carbonyl (C=O) groups excluding carboxylic acids is 2. The van der Waals surface area contributed by atoms with Crippen LogP contribution in [0.15, 0.2) is 30.3 Å². The average molecular weight is 294 g/mol. The van der Waals surface area contributed by atoms with Crippen molar-refractivity contribution >= 4 is 22.9 Å². The number of anilines is 2. The summed E-state index contributed by atoms with van der Waals surface area (Å²) in [6.07, 6.45) is 0. The van der Waals surface area contributed by atoms with Crippen molar-refractivity contribution in [2.45, 2.75) is 0 Å². The third-order valence-electron chi connectivity index (χ3n) is 4.32. The molecule has 0 radical (unpaired) electrons. The lowest BCUT2D eigenvalue weighted by Gasteiger charge is -2.32. The van der Waals surface area contributed by atoms with Crippen LogP contribution in [-0.2, 0) is 0 Å². The molecule has 0 aromatic heterocycles. The zero-order valence-corrected chi connectivity index (χ0v) is 12.0. The number of benzene rings is 2. The Morgan fingerprint density at radius 1 is 1.09 bits per heavy atom. The summed E-state index contributed by atoms with van der Waals surface area (Å²) in [6.45, 7) is 1.45. The number of likely N-dealkylation sites (N-methyl/N-ethyl adjacent to an activating group) is 1. The van der Waals surface area contributed by atoms with Gasteiger partial charge in [-0.25, -0.2) is 0 Å². The van der Waals surface area contributed by atoms with Crippen LogP contribution in [0.25, 0.3) is 0 Å². The minimum absolute atomic E-state index is 0.102. The summed E-state index contributed by atoms with van der Waals surface area (Å²) in [7, 11) is 1.90. The molecule has 0 unspecified atom stereocenters. The number of nitrogens with one attached hydrogen (secondary N) is 1. The molecule has 1 aliphatic carbocycles. The second-order valence-corrected chi connectivity index (χ2v) is 5.59. The Balaban J connectivity index is 2.07.